The van der Waals surface area contributed by atoms with Gasteiger partial charge < -0.3 is 0 Å². The first kappa shape index (κ1) is 24.6. The van der Waals surface area contributed by atoms with Gasteiger partial charge >= 0.3 is 0 Å². The Morgan fingerprint density at radius 3 is 2.24 bits per heavy atom. The van der Waals surface area contributed by atoms with Crippen LogP contribution in [0.5, 0.6) is 0 Å². The number of benzene rings is 3. The second-order valence-electron chi connectivity index (χ2n) is 6.87. The molecule has 34 heavy (non-hydrogen) atoms. The molecule has 172 valence electrons. The van der Waals surface area contributed by atoms with Gasteiger partial charge in [-0.25, -0.2) is 5.43 Å². The molecular formula is C23H15Cl4N5OS. The number of nitrogens with zero attached hydrogens (tertiary/aromatic N) is 4. The van der Waals surface area contributed by atoms with E-state index in [2.05, 4.69) is 20.7 Å². The number of hydrogen-bond donors (Lipinski definition) is 1. The fourth-order valence-corrected chi connectivity index (χ4v) is 4.37. The first-order valence-electron chi connectivity index (χ1n) is 9.78. The first-order chi connectivity index (χ1) is 16.4. The highest BCUT2D eigenvalue weighted by Crippen LogP contribution is 2.29. The van der Waals surface area contributed by atoms with Crippen molar-refractivity contribution in [2.45, 2.75) is 5.16 Å². The average molecular weight is 551 g/mol. The van der Waals surface area contributed by atoms with Crippen LogP contribution in [-0.4, -0.2) is 32.6 Å². The summed E-state index contributed by atoms with van der Waals surface area (Å²) in [6, 6.07) is 19.5. The van der Waals surface area contributed by atoms with E-state index in [1.165, 1.54) is 18.0 Å². The van der Waals surface area contributed by atoms with E-state index in [1.807, 2.05) is 28.8 Å². The summed E-state index contributed by atoms with van der Waals surface area (Å²) in [6.45, 7) is 0. The monoisotopic (exact) mass is 549 g/mol. The third kappa shape index (κ3) is 6.11. The summed E-state index contributed by atoms with van der Waals surface area (Å²) in [7, 11) is 0. The van der Waals surface area contributed by atoms with Crippen molar-refractivity contribution >= 4 is 70.3 Å². The van der Waals surface area contributed by atoms with E-state index >= 15 is 0 Å². The van der Waals surface area contributed by atoms with Gasteiger partial charge in [0.1, 0.15) is 0 Å². The van der Waals surface area contributed by atoms with E-state index in [9.17, 15) is 4.79 Å². The lowest BCUT2D eigenvalue weighted by atomic mass is 10.2. The molecular weight excluding hydrogens is 536 g/mol. The molecule has 0 saturated heterocycles. The van der Waals surface area contributed by atoms with E-state index in [0.717, 1.165) is 11.3 Å². The molecule has 0 saturated carbocycles. The number of halogens is 4. The predicted molar refractivity (Wildman–Crippen MR) is 140 cm³/mol. The number of hydrogen-bond acceptors (Lipinski definition) is 5. The molecule has 0 spiro atoms. The van der Waals surface area contributed by atoms with Gasteiger partial charge in [-0.05, 0) is 60.7 Å². The van der Waals surface area contributed by atoms with Gasteiger partial charge in [-0.3, -0.25) is 9.36 Å². The van der Waals surface area contributed by atoms with Crippen molar-refractivity contribution in [2.24, 2.45) is 5.10 Å². The number of amides is 1. The molecule has 0 bridgehead atoms. The Morgan fingerprint density at radius 2 is 1.56 bits per heavy atom. The second-order valence-corrected chi connectivity index (χ2v) is 9.53. The van der Waals surface area contributed by atoms with E-state index in [0.29, 0.717) is 36.6 Å². The van der Waals surface area contributed by atoms with Crippen LogP contribution in [0.15, 0.2) is 77.0 Å². The summed E-state index contributed by atoms with van der Waals surface area (Å²) in [5.41, 5.74) is 4.75. The zero-order valence-corrected chi connectivity index (χ0v) is 21.1. The maximum atomic E-state index is 12.4. The largest absolute Gasteiger partial charge is 0.272 e. The van der Waals surface area contributed by atoms with Gasteiger partial charge in [0, 0.05) is 31.9 Å². The molecule has 0 fully saturated rings. The molecule has 11 heteroatoms. The van der Waals surface area contributed by atoms with Crippen molar-refractivity contribution in [3.8, 4) is 17.1 Å². The summed E-state index contributed by atoms with van der Waals surface area (Å²) < 4.78 is 1.86. The molecule has 1 N–H and O–H groups in total. The van der Waals surface area contributed by atoms with Crippen molar-refractivity contribution in [2.75, 3.05) is 5.75 Å². The van der Waals surface area contributed by atoms with Crippen LogP contribution in [0, 0.1) is 0 Å². The molecule has 1 amide bonds. The SMILES string of the molecule is O=C(CSc1nnc(-c2ccc(Cl)cc2)n1-c1ccc(Cl)cc1)N/N=C\c1ccc(Cl)cc1Cl. The van der Waals surface area contributed by atoms with Gasteiger partial charge in [0.15, 0.2) is 11.0 Å². The van der Waals surface area contributed by atoms with Crippen molar-refractivity contribution in [1.82, 2.24) is 20.2 Å². The summed E-state index contributed by atoms with van der Waals surface area (Å²) >= 11 is 25.3. The number of aromatic nitrogens is 3. The Bertz CT molecular complexity index is 1340. The molecule has 0 aliphatic carbocycles. The quantitative estimate of drug-likeness (QED) is 0.156. The number of rotatable bonds is 7. The standard InChI is InChI=1S/C23H15Cl4N5OS/c24-16-4-1-14(2-5-16)22-30-31-23(32(22)19-9-7-17(25)8-10-19)34-13-21(33)29-28-12-15-3-6-18(26)11-20(15)27/h1-12H,13H2,(H,29,33)/b28-12-. The van der Waals surface area contributed by atoms with E-state index in [-0.39, 0.29) is 11.7 Å². The van der Waals surface area contributed by atoms with Crippen LogP contribution in [0.4, 0.5) is 0 Å². The van der Waals surface area contributed by atoms with E-state index < -0.39 is 0 Å². The molecule has 1 aromatic heterocycles. The Kier molecular flexibility index (Phi) is 8.13. The zero-order valence-electron chi connectivity index (χ0n) is 17.3. The minimum absolute atomic E-state index is 0.0675. The van der Waals surface area contributed by atoms with Crippen LogP contribution in [-0.2, 0) is 4.79 Å². The summed E-state index contributed by atoms with van der Waals surface area (Å²) in [5, 5.41) is 15.3. The zero-order chi connectivity index (χ0) is 24.1. The van der Waals surface area contributed by atoms with Gasteiger partial charge in [0.05, 0.1) is 17.0 Å². The molecule has 4 aromatic rings. The van der Waals surface area contributed by atoms with Crippen LogP contribution >= 0.6 is 58.2 Å². The lowest BCUT2D eigenvalue weighted by molar-refractivity contribution is -0.118. The van der Waals surface area contributed by atoms with Crippen LogP contribution in [0.2, 0.25) is 20.1 Å². The predicted octanol–water partition coefficient (Wildman–Crippen LogP) is 6.79. The highest BCUT2D eigenvalue weighted by Gasteiger charge is 2.17. The Balaban J connectivity index is 1.51. The number of carbonyl (C=O) groups excluding carboxylic acids is 1. The second kappa shape index (κ2) is 11.3. The molecule has 0 radical (unpaired) electrons. The summed E-state index contributed by atoms with van der Waals surface area (Å²) in [4.78, 5) is 12.4. The van der Waals surface area contributed by atoms with Crippen molar-refractivity contribution < 1.29 is 4.79 Å². The Hall–Kier alpha value is -2.55. The molecule has 4 rings (SSSR count). The number of carbonyl (C=O) groups is 1. The van der Waals surface area contributed by atoms with Gasteiger partial charge in [0.2, 0.25) is 0 Å². The highest BCUT2D eigenvalue weighted by molar-refractivity contribution is 7.99. The minimum atomic E-state index is -0.315. The van der Waals surface area contributed by atoms with Gasteiger partial charge in [-0.2, -0.15) is 5.10 Å². The molecule has 0 unspecified atom stereocenters. The summed E-state index contributed by atoms with van der Waals surface area (Å²) in [5.74, 6) is 0.361. The maximum absolute atomic E-state index is 12.4. The average Bonchev–Trinajstić information content (AvgIpc) is 3.24. The van der Waals surface area contributed by atoms with Gasteiger partial charge in [0.25, 0.3) is 5.91 Å². The minimum Gasteiger partial charge on any atom is -0.272 e. The first-order valence-corrected chi connectivity index (χ1v) is 12.3. The lowest BCUT2D eigenvalue weighted by Gasteiger charge is -2.10. The van der Waals surface area contributed by atoms with E-state index in [4.69, 9.17) is 46.4 Å². The fraction of sp³-hybridized carbons (Fsp3) is 0.0435. The number of hydrazone groups is 1. The van der Waals surface area contributed by atoms with Gasteiger partial charge in [-0.1, -0.05) is 64.2 Å². The molecule has 0 atom stereocenters. The molecule has 6 nitrogen and oxygen atoms in total. The van der Waals surface area contributed by atoms with Crippen molar-refractivity contribution in [3.63, 3.8) is 0 Å². The third-order valence-electron chi connectivity index (χ3n) is 4.51. The fourth-order valence-electron chi connectivity index (χ4n) is 2.91. The summed E-state index contributed by atoms with van der Waals surface area (Å²) in [6.07, 6.45) is 1.45. The maximum Gasteiger partial charge on any atom is 0.250 e. The van der Waals surface area contributed by atoms with Crippen LogP contribution in [0.25, 0.3) is 17.1 Å². The number of nitrogens with one attached hydrogen (secondary N) is 1. The third-order valence-corrected chi connectivity index (χ3v) is 6.50. The van der Waals surface area contributed by atoms with Crippen LogP contribution in [0.1, 0.15) is 5.56 Å². The topological polar surface area (TPSA) is 72.2 Å². The number of thioether (sulfide) groups is 1. The van der Waals surface area contributed by atoms with Crippen LogP contribution in [0.3, 0.4) is 0 Å². The normalized spacial score (nSPS) is 11.2. The van der Waals surface area contributed by atoms with Gasteiger partial charge in [-0.15, -0.1) is 10.2 Å². The molecule has 0 aliphatic heterocycles. The molecule has 0 aliphatic rings. The lowest BCUT2D eigenvalue weighted by Crippen LogP contribution is -2.20. The Labute approximate surface area is 219 Å². The molecule has 3 aromatic carbocycles. The van der Waals surface area contributed by atoms with Crippen molar-refractivity contribution in [1.29, 1.82) is 0 Å². The smallest absolute Gasteiger partial charge is 0.250 e. The van der Waals surface area contributed by atoms with Crippen molar-refractivity contribution in [3.05, 3.63) is 92.4 Å². The molecule has 1 heterocycles. The van der Waals surface area contributed by atoms with Crippen LogP contribution < -0.4 is 5.43 Å². The Morgan fingerprint density at radius 1 is 0.912 bits per heavy atom. The van der Waals surface area contributed by atoms with E-state index in [1.54, 1.807) is 42.5 Å². The highest BCUT2D eigenvalue weighted by atomic mass is 35.5.